The average Bonchev–Trinajstić information content (AvgIpc) is 2.66. The number of hydrogen-bond acceptors (Lipinski definition) is 5. The number of pyridine rings is 1. The zero-order valence-corrected chi connectivity index (χ0v) is 14.9. The smallest absolute Gasteiger partial charge is 0.331 e. The molecule has 0 fully saturated rings. The minimum absolute atomic E-state index is 0.356. The lowest BCUT2D eigenvalue weighted by Gasteiger charge is -2.25. The van der Waals surface area contributed by atoms with Crippen molar-refractivity contribution in [3.8, 4) is 0 Å². The first-order valence-corrected chi connectivity index (χ1v) is 8.25. The van der Waals surface area contributed by atoms with Crippen LogP contribution < -0.4 is 5.56 Å². The molecule has 138 valence electrons. The molecule has 27 heavy (non-hydrogen) atoms. The molecule has 0 aliphatic heterocycles. The van der Waals surface area contributed by atoms with E-state index in [0.717, 1.165) is 15.0 Å². The highest BCUT2D eigenvalue weighted by molar-refractivity contribution is 5.85. The summed E-state index contributed by atoms with van der Waals surface area (Å²) in [7, 11) is 1.38. The van der Waals surface area contributed by atoms with Crippen molar-refractivity contribution in [2.75, 3.05) is 7.05 Å². The molecule has 8 heteroatoms. The van der Waals surface area contributed by atoms with Gasteiger partial charge in [-0.25, -0.2) is 9.48 Å². The number of amides is 1. The van der Waals surface area contributed by atoms with E-state index < -0.39 is 23.5 Å². The van der Waals surface area contributed by atoms with Crippen LogP contribution >= 0.6 is 0 Å². The average molecular weight is 366 g/mol. The highest BCUT2D eigenvalue weighted by Gasteiger charge is 2.29. The first-order chi connectivity index (χ1) is 12.9. The fourth-order valence-electron chi connectivity index (χ4n) is 2.96. The van der Waals surface area contributed by atoms with Crippen molar-refractivity contribution in [2.45, 2.75) is 19.5 Å². The van der Waals surface area contributed by atoms with Gasteiger partial charge in [0, 0.05) is 30.4 Å². The third kappa shape index (κ3) is 3.55. The molecule has 0 aliphatic carbocycles. The summed E-state index contributed by atoms with van der Waals surface area (Å²) in [6.45, 7) is 1.40. The van der Waals surface area contributed by atoms with E-state index in [4.69, 9.17) is 0 Å². The van der Waals surface area contributed by atoms with E-state index >= 15 is 0 Å². The van der Waals surface area contributed by atoms with Gasteiger partial charge >= 0.3 is 5.97 Å². The maximum absolute atomic E-state index is 12.7. The van der Waals surface area contributed by atoms with Gasteiger partial charge in [-0.15, -0.1) is 0 Å². The lowest BCUT2D eigenvalue weighted by atomic mass is 10.1. The first kappa shape index (κ1) is 18.2. The van der Waals surface area contributed by atoms with Crippen LogP contribution in [0.15, 0.2) is 53.6 Å². The number of carboxylic acid groups (broad SMARTS) is 1. The lowest BCUT2D eigenvalue weighted by molar-refractivity contribution is -0.149. The standard InChI is InChI=1S/C19H18N4O4/c1-12-14-7-3-4-8-15(14)18(25)23(21-12)11-16(24)22(2)17(19(26)27)13-6-5-9-20-10-13/h3-10,17H,11H2,1-2H3,(H,26,27)/t17-/m0/s1. The highest BCUT2D eigenvalue weighted by atomic mass is 16.4. The van der Waals surface area contributed by atoms with Crippen LogP contribution in [0, 0.1) is 6.92 Å². The Morgan fingerprint density at radius 1 is 1.19 bits per heavy atom. The molecule has 1 amide bonds. The molecule has 0 bridgehead atoms. The summed E-state index contributed by atoms with van der Waals surface area (Å²) < 4.78 is 1.07. The van der Waals surface area contributed by atoms with Crippen LogP contribution in [-0.4, -0.2) is 43.7 Å². The second-order valence-corrected chi connectivity index (χ2v) is 6.13. The quantitative estimate of drug-likeness (QED) is 0.731. The maximum atomic E-state index is 12.7. The summed E-state index contributed by atoms with van der Waals surface area (Å²) in [5.74, 6) is -1.73. The number of rotatable bonds is 5. The van der Waals surface area contributed by atoms with Crippen molar-refractivity contribution in [1.29, 1.82) is 0 Å². The number of fused-ring (bicyclic) bond motifs is 1. The van der Waals surface area contributed by atoms with Gasteiger partial charge in [-0.1, -0.05) is 24.3 Å². The van der Waals surface area contributed by atoms with Gasteiger partial charge in [-0.3, -0.25) is 14.6 Å². The highest BCUT2D eigenvalue weighted by Crippen LogP contribution is 2.19. The number of aromatic nitrogens is 3. The topological polar surface area (TPSA) is 105 Å². The van der Waals surface area contributed by atoms with E-state index in [1.165, 1.54) is 19.4 Å². The summed E-state index contributed by atoms with van der Waals surface area (Å²) in [5, 5.41) is 14.9. The van der Waals surface area contributed by atoms with E-state index in [2.05, 4.69) is 10.1 Å². The summed E-state index contributed by atoms with van der Waals surface area (Å²) in [6, 6.07) is 8.99. The second kappa shape index (κ2) is 7.36. The molecule has 8 nitrogen and oxygen atoms in total. The summed E-state index contributed by atoms with van der Waals surface area (Å²) in [6.07, 6.45) is 2.92. The van der Waals surface area contributed by atoms with Crippen LogP contribution in [0.5, 0.6) is 0 Å². The summed E-state index contributed by atoms with van der Waals surface area (Å²) in [4.78, 5) is 42.0. The number of hydrogen-bond donors (Lipinski definition) is 1. The van der Waals surface area contributed by atoms with Gasteiger partial charge in [0.25, 0.3) is 5.56 Å². The van der Waals surface area contributed by atoms with Crippen LogP contribution in [0.2, 0.25) is 0 Å². The van der Waals surface area contributed by atoms with Crippen LogP contribution in [0.3, 0.4) is 0 Å². The Morgan fingerprint density at radius 2 is 1.89 bits per heavy atom. The van der Waals surface area contributed by atoms with Gasteiger partial charge in [0.1, 0.15) is 6.54 Å². The first-order valence-electron chi connectivity index (χ1n) is 8.25. The van der Waals surface area contributed by atoms with E-state index in [0.29, 0.717) is 16.6 Å². The Labute approximate surface area is 154 Å². The number of carbonyl (C=O) groups excluding carboxylic acids is 1. The molecule has 0 saturated carbocycles. The van der Waals surface area contributed by atoms with Crippen molar-refractivity contribution in [3.05, 3.63) is 70.4 Å². The fraction of sp³-hybridized carbons (Fsp3) is 0.211. The molecular formula is C19H18N4O4. The zero-order valence-electron chi connectivity index (χ0n) is 14.9. The summed E-state index contributed by atoms with van der Waals surface area (Å²) in [5.41, 5.74) is 0.588. The van der Waals surface area contributed by atoms with Crippen molar-refractivity contribution >= 4 is 22.6 Å². The number of carboxylic acids is 1. The Morgan fingerprint density at radius 3 is 2.52 bits per heavy atom. The number of benzene rings is 1. The van der Waals surface area contributed by atoms with Gasteiger partial charge in [-0.2, -0.15) is 5.10 Å². The maximum Gasteiger partial charge on any atom is 0.331 e. The van der Waals surface area contributed by atoms with Crippen LogP contribution in [0.25, 0.3) is 10.8 Å². The number of likely N-dealkylation sites (N-methyl/N-ethyl adjacent to an activating group) is 1. The molecule has 1 aromatic carbocycles. The zero-order chi connectivity index (χ0) is 19.6. The molecule has 2 heterocycles. The molecule has 0 spiro atoms. The van der Waals surface area contributed by atoms with Crippen LogP contribution in [0.4, 0.5) is 0 Å². The monoisotopic (exact) mass is 366 g/mol. The number of carbonyl (C=O) groups is 2. The van der Waals surface area contributed by atoms with Crippen LogP contribution in [-0.2, 0) is 16.1 Å². The molecule has 1 atom stereocenters. The lowest BCUT2D eigenvalue weighted by Crippen LogP contribution is -2.40. The number of aryl methyl sites for hydroxylation is 1. The van der Waals surface area contributed by atoms with Gasteiger partial charge in [-0.05, 0) is 19.1 Å². The minimum atomic E-state index is -1.21. The fourth-order valence-corrected chi connectivity index (χ4v) is 2.96. The van der Waals surface area contributed by atoms with Crippen molar-refractivity contribution < 1.29 is 14.7 Å². The van der Waals surface area contributed by atoms with E-state index in [-0.39, 0.29) is 6.54 Å². The van der Waals surface area contributed by atoms with Gasteiger partial charge in [0.15, 0.2) is 6.04 Å². The van der Waals surface area contributed by atoms with Gasteiger partial charge < -0.3 is 10.0 Å². The van der Waals surface area contributed by atoms with Gasteiger partial charge in [0.05, 0.1) is 11.1 Å². The largest absolute Gasteiger partial charge is 0.479 e. The van der Waals surface area contributed by atoms with Crippen LogP contribution in [0.1, 0.15) is 17.3 Å². The van der Waals surface area contributed by atoms with E-state index in [1.807, 2.05) is 6.07 Å². The minimum Gasteiger partial charge on any atom is -0.479 e. The number of aliphatic carboxylic acids is 1. The Balaban J connectivity index is 1.93. The van der Waals surface area contributed by atoms with Crippen molar-refractivity contribution in [1.82, 2.24) is 19.7 Å². The molecule has 0 radical (unpaired) electrons. The number of nitrogens with zero attached hydrogens (tertiary/aromatic N) is 4. The summed E-state index contributed by atoms with van der Waals surface area (Å²) >= 11 is 0. The van der Waals surface area contributed by atoms with E-state index in [1.54, 1.807) is 37.3 Å². The molecule has 1 N–H and O–H groups in total. The van der Waals surface area contributed by atoms with E-state index in [9.17, 15) is 19.5 Å². The Hall–Kier alpha value is -3.55. The third-order valence-corrected chi connectivity index (χ3v) is 4.35. The predicted octanol–water partition coefficient (Wildman–Crippen LogP) is 1.38. The van der Waals surface area contributed by atoms with Gasteiger partial charge in [0.2, 0.25) is 5.91 Å². The molecule has 0 unspecified atom stereocenters. The normalized spacial score (nSPS) is 11.9. The molecule has 0 aliphatic rings. The molecule has 2 aromatic heterocycles. The van der Waals surface area contributed by atoms with Crippen molar-refractivity contribution in [2.24, 2.45) is 0 Å². The molecule has 3 rings (SSSR count). The molecule has 0 saturated heterocycles. The SMILES string of the molecule is Cc1nn(CC(=O)N(C)[C@H](C(=O)O)c2cccnc2)c(=O)c2ccccc12. The predicted molar refractivity (Wildman–Crippen MR) is 98.1 cm³/mol. The second-order valence-electron chi connectivity index (χ2n) is 6.13. The molecule has 3 aromatic rings. The third-order valence-electron chi connectivity index (χ3n) is 4.35. The Bertz CT molecular complexity index is 1060. The Kier molecular flexibility index (Phi) is 4.98. The molecular weight excluding hydrogens is 348 g/mol. The van der Waals surface area contributed by atoms with Crippen molar-refractivity contribution in [3.63, 3.8) is 0 Å².